The van der Waals surface area contributed by atoms with Gasteiger partial charge in [0.05, 0.1) is 0 Å². The minimum atomic E-state index is -0.215. The summed E-state index contributed by atoms with van der Waals surface area (Å²) in [6.45, 7) is 6.37. The van der Waals surface area contributed by atoms with Crippen LogP contribution in [0.5, 0.6) is 0 Å². The van der Waals surface area contributed by atoms with Crippen molar-refractivity contribution in [2.24, 2.45) is 0 Å². The largest absolute Gasteiger partial charge is 0.357 e. The third-order valence-corrected chi connectivity index (χ3v) is 4.54. The Balaban J connectivity index is 1.98. The second-order valence-electron chi connectivity index (χ2n) is 3.85. The average Bonchev–Trinajstić information content (AvgIpc) is 2.84. The molecule has 1 unspecified atom stereocenters. The smallest absolute Gasteiger partial charge is 0.206 e. The molecule has 0 aliphatic rings. The van der Waals surface area contributed by atoms with Gasteiger partial charge in [0, 0.05) is 11.8 Å². The zero-order valence-electron chi connectivity index (χ0n) is 10.5. The van der Waals surface area contributed by atoms with E-state index in [1.54, 1.807) is 30.0 Å². The SMILES string of the molecule is C=CCNc1nnc(SC(C)c2ccc(F)cc2)s1. The summed E-state index contributed by atoms with van der Waals surface area (Å²) < 4.78 is 13.7. The van der Waals surface area contributed by atoms with E-state index in [1.807, 2.05) is 0 Å². The van der Waals surface area contributed by atoms with E-state index in [1.165, 1.54) is 23.5 Å². The maximum atomic E-state index is 12.9. The predicted octanol–water partition coefficient (Wildman–Crippen LogP) is 4.13. The van der Waals surface area contributed by atoms with E-state index in [0.717, 1.165) is 15.0 Å². The van der Waals surface area contributed by atoms with Crippen LogP contribution in [-0.4, -0.2) is 16.7 Å². The van der Waals surface area contributed by atoms with E-state index >= 15 is 0 Å². The molecule has 1 heterocycles. The van der Waals surface area contributed by atoms with Crippen LogP contribution in [0.1, 0.15) is 17.7 Å². The number of thioether (sulfide) groups is 1. The van der Waals surface area contributed by atoms with Crippen molar-refractivity contribution in [2.45, 2.75) is 16.5 Å². The lowest BCUT2D eigenvalue weighted by Crippen LogP contribution is -1.96. The van der Waals surface area contributed by atoms with Gasteiger partial charge >= 0.3 is 0 Å². The third kappa shape index (κ3) is 4.04. The average molecular weight is 295 g/mol. The molecule has 100 valence electrons. The highest BCUT2D eigenvalue weighted by Gasteiger charge is 2.11. The molecule has 1 atom stereocenters. The van der Waals surface area contributed by atoms with Crippen molar-refractivity contribution in [2.75, 3.05) is 11.9 Å². The first-order valence-electron chi connectivity index (χ1n) is 5.79. The van der Waals surface area contributed by atoms with Crippen molar-refractivity contribution in [3.63, 3.8) is 0 Å². The lowest BCUT2D eigenvalue weighted by Gasteiger charge is -2.08. The molecule has 1 aromatic carbocycles. The van der Waals surface area contributed by atoms with Crippen LogP contribution < -0.4 is 5.32 Å². The van der Waals surface area contributed by atoms with Crippen molar-refractivity contribution in [3.05, 3.63) is 48.3 Å². The number of benzene rings is 1. The minimum Gasteiger partial charge on any atom is -0.357 e. The second-order valence-corrected chi connectivity index (χ2v) is 6.42. The van der Waals surface area contributed by atoms with Crippen molar-refractivity contribution in [1.82, 2.24) is 10.2 Å². The monoisotopic (exact) mass is 295 g/mol. The summed E-state index contributed by atoms with van der Waals surface area (Å²) in [5.41, 5.74) is 1.07. The molecule has 0 saturated heterocycles. The predicted molar refractivity (Wildman–Crippen MR) is 79.3 cm³/mol. The van der Waals surface area contributed by atoms with Crippen molar-refractivity contribution in [1.29, 1.82) is 0 Å². The highest BCUT2D eigenvalue weighted by molar-refractivity contribution is 8.01. The molecule has 0 saturated carbocycles. The van der Waals surface area contributed by atoms with Crippen LogP contribution in [0, 0.1) is 5.82 Å². The normalized spacial score (nSPS) is 12.1. The Morgan fingerprint density at radius 3 is 2.84 bits per heavy atom. The lowest BCUT2D eigenvalue weighted by molar-refractivity contribution is 0.627. The number of hydrogen-bond acceptors (Lipinski definition) is 5. The van der Waals surface area contributed by atoms with Crippen molar-refractivity contribution < 1.29 is 4.39 Å². The van der Waals surface area contributed by atoms with Gasteiger partial charge in [0.15, 0.2) is 4.34 Å². The Kier molecular flexibility index (Phi) is 4.93. The van der Waals surface area contributed by atoms with Gasteiger partial charge in [0.2, 0.25) is 5.13 Å². The number of nitrogens with zero attached hydrogens (tertiary/aromatic N) is 2. The van der Waals surface area contributed by atoms with E-state index in [2.05, 4.69) is 29.0 Å². The Labute approximate surface area is 120 Å². The zero-order chi connectivity index (χ0) is 13.7. The number of aromatic nitrogens is 2. The quantitative estimate of drug-likeness (QED) is 0.642. The lowest BCUT2D eigenvalue weighted by atomic mass is 10.2. The van der Waals surface area contributed by atoms with E-state index in [-0.39, 0.29) is 11.1 Å². The summed E-state index contributed by atoms with van der Waals surface area (Å²) in [5, 5.41) is 12.3. The minimum absolute atomic E-state index is 0.209. The molecule has 0 bridgehead atoms. The first-order chi connectivity index (χ1) is 9.19. The fourth-order valence-corrected chi connectivity index (χ4v) is 3.47. The first kappa shape index (κ1) is 14.0. The molecule has 0 aliphatic carbocycles. The molecule has 0 fully saturated rings. The van der Waals surface area contributed by atoms with Gasteiger partial charge in [-0.25, -0.2) is 4.39 Å². The Hall–Kier alpha value is -1.40. The van der Waals surface area contributed by atoms with Crippen LogP contribution in [0.3, 0.4) is 0 Å². The maximum Gasteiger partial charge on any atom is 0.206 e. The van der Waals surface area contributed by atoms with Gasteiger partial charge in [-0.05, 0) is 24.6 Å². The van der Waals surface area contributed by atoms with Crippen LogP contribution in [0.4, 0.5) is 9.52 Å². The van der Waals surface area contributed by atoms with E-state index in [9.17, 15) is 4.39 Å². The zero-order valence-corrected chi connectivity index (χ0v) is 12.1. The Morgan fingerprint density at radius 2 is 2.16 bits per heavy atom. The topological polar surface area (TPSA) is 37.8 Å². The summed E-state index contributed by atoms with van der Waals surface area (Å²) in [4.78, 5) is 0. The molecule has 0 spiro atoms. The summed E-state index contributed by atoms with van der Waals surface area (Å²) in [6.07, 6.45) is 1.77. The second kappa shape index (κ2) is 6.68. The van der Waals surface area contributed by atoms with Crippen LogP contribution >= 0.6 is 23.1 Å². The number of anilines is 1. The van der Waals surface area contributed by atoms with Crippen molar-refractivity contribution in [3.8, 4) is 0 Å². The van der Waals surface area contributed by atoms with E-state index < -0.39 is 0 Å². The fraction of sp³-hybridized carbons (Fsp3) is 0.231. The molecule has 2 aromatic rings. The summed E-state index contributed by atoms with van der Waals surface area (Å²) >= 11 is 3.12. The standard InChI is InChI=1S/C13H14FN3S2/c1-3-8-15-12-16-17-13(19-12)18-9(2)10-4-6-11(14)7-5-10/h3-7,9H,1,8H2,2H3,(H,15,16). The first-order valence-corrected chi connectivity index (χ1v) is 7.49. The van der Waals surface area contributed by atoms with Crippen LogP contribution in [0.15, 0.2) is 41.3 Å². The molecule has 2 rings (SSSR count). The van der Waals surface area contributed by atoms with Crippen LogP contribution in [0.25, 0.3) is 0 Å². The van der Waals surface area contributed by atoms with Crippen LogP contribution in [0.2, 0.25) is 0 Å². The van der Waals surface area contributed by atoms with E-state index in [0.29, 0.717) is 6.54 Å². The molecule has 0 aliphatic heterocycles. The van der Waals surface area contributed by atoms with Gasteiger partial charge in [-0.3, -0.25) is 0 Å². The highest BCUT2D eigenvalue weighted by atomic mass is 32.2. The molecule has 1 aromatic heterocycles. The molecular formula is C13H14FN3S2. The molecule has 6 heteroatoms. The van der Waals surface area contributed by atoms with Gasteiger partial charge in [0.1, 0.15) is 5.82 Å². The molecule has 0 radical (unpaired) electrons. The van der Waals surface area contributed by atoms with E-state index in [4.69, 9.17) is 0 Å². The molecule has 3 nitrogen and oxygen atoms in total. The van der Waals surface area contributed by atoms with Gasteiger partial charge in [-0.1, -0.05) is 41.3 Å². The van der Waals surface area contributed by atoms with Crippen LogP contribution in [-0.2, 0) is 0 Å². The number of hydrogen-bond donors (Lipinski definition) is 1. The van der Waals surface area contributed by atoms with Crippen molar-refractivity contribution >= 4 is 28.2 Å². The Bertz CT molecular complexity index is 539. The number of nitrogens with one attached hydrogen (secondary N) is 1. The summed E-state index contributed by atoms with van der Waals surface area (Å²) in [5.74, 6) is -0.215. The number of halogens is 1. The fourth-order valence-electron chi connectivity index (χ4n) is 1.44. The molecule has 1 N–H and O–H groups in total. The van der Waals surface area contributed by atoms with Gasteiger partial charge in [-0.2, -0.15) is 0 Å². The maximum absolute atomic E-state index is 12.9. The number of rotatable bonds is 6. The van der Waals surface area contributed by atoms with Gasteiger partial charge in [0.25, 0.3) is 0 Å². The van der Waals surface area contributed by atoms with Gasteiger partial charge in [-0.15, -0.1) is 16.8 Å². The third-order valence-electron chi connectivity index (χ3n) is 2.42. The van der Waals surface area contributed by atoms with Gasteiger partial charge < -0.3 is 5.32 Å². The summed E-state index contributed by atoms with van der Waals surface area (Å²) in [6, 6.07) is 6.54. The molecular weight excluding hydrogens is 281 g/mol. The highest BCUT2D eigenvalue weighted by Crippen LogP contribution is 2.37. The summed E-state index contributed by atoms with van der Waals surface area (Å²) in [7, 11) is 0. The molecule has 19 heavy (non-hydrogen) atoms. The Morgan fingerprint density at radius 1 is 1.42 bits per heavy atom. The molecule has 0 amide bonds.